The van der Waals surface area contributed by atoms with Crippen molar-refractivity contribution in [3.63, 3.8) is 0 Å². The summed E-state index contributed by atoms with van der Waals surface area (Å²) in [6.07, 6.45) is 0.282. The summed E-state index contributed by atoms with van der Waals surface area (Å²) in [4.78, 5) is 0. The van der Waals surface area contributed by atoms with Gasteiger partial charge in [0.25, 0.3) is 0 Å². The largest absolute Gasteiger partial charge is 0.493 e. The van der Waals surface area contributed by atoms with Crippen molar-refractivity contribution in [1.82, 2.24) is 0 Å². The lowest BCUT2D eigenvalue weighted by atomic mass is 10.1. The van der Waals surface area contributed by atoms with Gasteiger partial charge in [-0.25, -0.2) is 0 Å². The molecule has 0 fully saturated rings. The summed E-state index contributed by atoms with van der Waals surface area (Å²) >= 11 is 0. The van der Waals surface area contributed by atoms with Crippen LogP contribution >= 0.6 is 0 Å². The number of hydrogen-bond acceptors (Lipinski definition) is 3. The Morgan fingerprint density at radius 2 is 1.75 bits per heavy atom. The maximum atomic E-state index is 9.76. The molecule has 0 saturated heterocycles. The van der Waals surface area contributed by atoms with Crippen LogP contribution in [0.4, 0.5) is 0 Å². The zero-order valence-electron chi connectivity index (χ0n) is 12.1. The Bertz CT molecular complexity index is 561. The Kier molecular flexibility index (Phi) is 4.64. The second kappa shape index (κ2) is 6.44. The lowest BCUT2D eigenvalue weighted by Crippen LogP contribution is -1.95. The normalized spacial score (nSPS) is 12.0. The van der Waals surface area contributed by atoms with E-state index in [0.717, 1.165) is 16.9 Å². The van der Waals surface area contributed by atoms with Crippen molar-refractivity contribution in [2.45, 2.75) is 26.4 Å². The lowest BCUT2D eigenvalue weighted by Gasteiger charge is -2.12. The van der Waals surface area contributed by atoms with Gasteiger partial charge in [0.15, 0.2) is 11.5 Å². The fraction of sp³-hybridized carbons (Fsp3) is 0.294. The third kappa shape index (κ3) is 3.31. The van der Waals surface area contributed by atoms with E-state index in [0.29, 0.717) is 17.9 Å². The highest BCUT2D eigenvalue weighted by Crippen LogP contribution is 2.32. The molecule has 20 heavy (non-hydrogen) atoms. The molecule has 3 heteroatoms. The van der Waals surface area contributed by atoms with E-state index in [1.807, 2.05) is 56.3 Å². The summed E-state index contributed by atoms with van der Waals surface area (Å²) in [7, 11) is 1.63. The van der Waals surface area contributed by atoms with Crippen LogP contribution in [0.25, 0.3) is 0 Å². The van der Waals surface area contributed by atoms with E-state index in [9.17, 15) is 5.11 Å². The number of rotatable bonds is 5. The second-order valence-corrected chi connectivity index (χ2v) is 4.75. The highest BCUT2D eigenvalue weighted by molar-refractivity contribution is 5.45. The zero-order valence-corrected chi connectivity index (χ0v) is 12.1. The van der Waals surface area contributed by atoms with Crippen LogP contribution in [-0.2, 0) is 0 Å². The molecule has 3 nitrogen and oxygen atoms in total. The topological polar surface area (TPSA) is 38.7 Å². The highest BCUT2D eigenvalue weighted by Gasteiger charge is 2.07. The molecule has 0 unspecified atom stereocenters. The van der Waals surface area contributed by atoms with Crippen LogP contribution in [0, 0.1) is 6.92 Å². The van der Waals surface area contributed by atoms with Crippen LogP contribution in [-0.4, -0.2) is 12.2 Å². The highest BCUT2D eigenvalue weighted by atomic mass is 16.5. The first-order valence-corrected chi connectivity index (χ1v) is 6.74. The van der Waals surface area contributed by atoms with E-state index in [4.69, 9.17) is 9.47 Å². The Balaban J connectivity index is 2.18. The molecule has 0 aromatic heterocycles. The molecule has 0 heterocycles. The summed E-state index contributed by atoms with van der Waals surface area (Å²) in [6, 6.07) is 13.3. The third-order valence-electron chi connectivity index (χ3n) is 3.20. The molecular formula is C17H20O3. The molecule has 0 aliphatic rings. The van der Waals surface area contributed by atoms with Crippen molar-refractivity contribution in [3.8, 4) is 17.2 Å². The molecule has 1 N–H and O–H groups in total. The van der Waals surface area contributed by atoms with Gasteiger partial charge in [0.2, 0.25) is 0 Å². The average molecular weight is 272 g/mol. The fourth-order valence-corrected chi connectivity index (χ4v) is 1.98. The van der Waals surface area contributed by atoms with Gasteiger partial charge in [-0.05, 0) is 48.7 Å². The van der Waals surface area contributed by atoms with Crippen molar-refractivity contribution in [1.29, 1.82) is 0 Å². The van der Waals surface area contributed by atoms with Gasteiger partial charge >= 0.3 is 0 Å². The van der Waals surface area contributed by atoms with Crippen molar-refractivity contribution in [2.75, 3.05) is 7.11 Å². The third-order valence-corrected chi connectivity index (χ3v) is 3.20. The van der Waals surface area contributed by atoms with Crippen LogP contribution in [0.1, 0.15) is 30.6 Å². The van der Waals surface area contributed by atoms with Gasteiger partial charge in [0.05, 0.1) is 13.2 Å². The standard InChI is InChI=1S/C17H20O3/c1-4-15(18)13-6-8-14(9-7-13)20-16-10-5-12(2)11-17(16)19-3/h5-11,15,18H,4H2,1-3H3/t15-/m1/s1. The zero-order chi connectivity index (χ0) is 14.5. The van der Waals surface area contributed by atoms with E-state index in [-0.39, 0.29) is 0 Å². The van der Waals surface area contributed by atoms with Crippen LogP contribution in [0.3, 0.4) is 0 Å². The number of hydrogen-bond donors (Lipinski definition) is 1. The average Bonchev–Trinajstić information content (AvgIpc) is 2.49. The second-order valence-electron chi connectivity index (χ2n) is 4.75. The number of aryl methyl sites for hydroxylation is 1. The van der Waals surface area contributed by atoms with Gasteiger partial charge < -0.3 is 14.6 Å². The van der Waals surface area contributed by atoms with E-state index in [1.54, 1.807) is 7.11 Å². The lowest BCUT2D eigenvalue weighted by molar-refractivity contribution is 0.173. The predicted molar refractivity (Wildman–Crippen MR) is 79.5 cm³/mol. The number of ether oxygens (including phenoxy) is 2. The van der Waals surface area contributed by atoms with Gasteiger partial charge in [0, 0.05) is 0 Å². The maximum absolute atomic E-state index is 9.76. The first-order chi connectivity index (χ1) is 9.63. The van der Waals surface area contributed by atoms with Gasteiger partial charge in [-0.2, -0.15) is 0 Å². The van der Waals surface area contributed by atoms with Crippen LogP contribution in [0.2, 0.25) is 0 Å². The minimum absolute atomic E-state index is 0.419. The summed E-state index contributed by atoms with van der Waals surface area (Å²) in [5.74, 6) is 2.11. The molecule has 2 aromatic carbocycles. The summed E-state index contributed by atoms with van der Waals surface area (Å²) in [5.41, 5.74) is 2.02. The molecule has 0 aliphatic heterocycles. The van der Waals surface area contributed by atoms with Crippen molar-refractivity contribution in [2.24, 2.45) is 0 Å². The molecule has 0 saturated carbocycles. The van der Waals surface area contributed by atoms with Gasteiger partial charge in [-0.3, -0.25) is 0 Å². The van der Waals surface area contributed by atoms with Crippen molar-refractivity contribution < 1.29 is 14.6 Å². The Morgan fingerprint density at radius 1 is 1.05 bits per heavy atom. The fourth-order valence-electron chi connectivity index (χ4n) is 1.98. The quantitative estimate of drug-likeness (QED) is 0.884. The first kappa shape index (κ1) is 14.4. The minimum atomic E-state index is -0.419. The van der Waals surface area contributed by atoms with Crippen LogP contribution < -0.4 is 9.47 Å². The van der Waals surface area contributed by atoms with E-state index >= 15 is 0 Å². The Morgan fingerprint density at radius 3 is 2.35 bits per heavy atom. The summed E-state index contributed by atoms with van der Waals surface area (Å²) < 4.78 is 11.1. The molecule has 0 bridgehead atoms. The van der Waals surface area contributed by atoms with E-state index in [1.165, 1.54) is 0 Å². The molecule has 106 valence electrons. The van der Waals surface area contributed by atoms with Crippen LogP contribution in [0.15, 0.2) is 42.5 Å². The Hall–Kier alpha value is -2.00. The predicted octanol–water partition coefficient (Wildman–Crippen LogP) is 4.24. The van der Waals surface area contributed by atoms with E-state index < -0.39 is 6.10 Å². The number of methoxy groups -OCH3 is 1. The minimum Gasteiger partial charge on any atom is -0.493 e. The number of benzene rings is 2. The monoisotopic (exact) mass is 272 g/mol. The molecule has 0 spiro atoms. The first-order valence-electron chi connectivity index (χ1n) is 6.74. The number of aliphatic hydroxyl groups is 1. The van der Waals surface area contributed by atoms with E-state index in [2.05, 4.69) is 0 Å². The number of aliphatic hydroxyl groups excluding tert-OH is 1. The van der Waals surface area contributed by atoms with Gasteiger partial charge in [-0.15, -0.1) is 0 Å². The van der Waals surface area contributed by atoms with Gasteiger partial charge in [-0.1, -0.05) is 25.1 Å². The SMILES string of the molecule is CC[C@@H](O)c1ccc(Oc2ccc(C)cc2OC)cc1. The molecule has 0 radical (unpaired) electrons. The molecule has 0 aliphatic carbocycles. The molecular weight excluding hydrogens is 252 g/mol. The molecule has 2 aromatic rings. The summed E-state index contributed by atoms with van der Waals surface area (Å²) in [6.45, 7) is 3.96. The molecule has 2 rings (SSSR count). The maximum Gasteiger partial charge on any atom is 0.169 e. The van der Waals surface area contributed by atoms with Crippen molar-refractivity contribution >= 4 is 0 Å². The Labute approximate surface area is 119 Å². The van der Waals surface area contributed by atoms with Crippen molar-refractivity contribution in [3.05, 3.63) is 53.6 Å². The molecule has 0 amide bonds. The molecule has 1 atom stereocenters. The van der Waals surface area contributed by atoms with Gasteiger partial charge in [0.1, 0.15) is 5.75 Å². The smallest absolute Gasteiger partial charge is 0.169 e. The summed E-state index contributed by atoms with van der Waals surface area (Å²) in [5, 5.41) is 9.76. The van der Waals surface area contributed by atoms with Crippen LogP contribution in [0.5, 0.6) is 17.2 Å².